The van der Waals surface area contributed by atoms with E-state index in [-0.39, 0.29) is 24.0 Å². The lowest BCUT2D eigenvalue weighted by molar-refractivity contribution is 0.201. The summed E-state index contributed by atoms with van der Waals surface area (Å²) in [5.74, 6) is 3.96. The van der Waals surface area contributed by atoms with Crippen LogP contribution in [0.5, 0.6) is 5.88 Å². The molecular formula is C17H25IN4O. The first-order chi connectivity index (χ1) is 10.8. The molecule has 0 bridgehead atoms. The van der Waals surface area contributed by atoms with E-state index in [1.165, 1.54) is 12.8 Å². The minimum atomic E-state index is 0. The third kappa shape index (κ3) is 7.08. The molecule has 0 unspecified atom stereocenters. The van der Waals surface area contributed by atoms with Crippen molar-refractivity contribution in [3.8, 4) is 18.2 Å². The van der Waals surface area contributed by atoms with Crippen molar-refractivity contribution >= 4 is 29.9 Å². The van der Waals surface area contributed by atoms with Crippen molar-refractivity contribution in [3.05, 3.63) is 23.9 Å². The third-order valence-corrected chi connectivity index (χ3v) is 3.51. The molecule has 2 N–H and O–H groups in total. The van der Waals surface area contributed by atoms with Gasteiger partial charge in [-0.05, 0) is 38.2 Å². The van der Waals surface area contributed by atoms with Gasteiger partial charge in [0, 0.05) is 18.8 Å². The molecule has 0 saturated heterocycles. The minimum Gasteiger partial charge on any atom is -0.474 e. The Morgan fingerprint density at radius 3 is 2.78 bits per heavy atom. The molecule has 1 aromatic heterocycles. The largest absolute Gasteiger partial charge is 0.474 e. The summed E-state index contributed by atoms with van der Waals surface area (Å²) in [6.45, 7) is 3.82. The van der Waals surface area contributed by atoms with E-state index in [1.807, 2.05) is 25.3 Å². The maximum Gasteiger partial charge on any atom is 0.213 e. The van der Waals surface area contributed by atoms with Crippen molar-refractivity contribution < 1.29 is 4.74 Å². The normalized spacial score (nSPS) is 14.7. The number of nitrogens with one attached hydrogen (secondary N) is 2. The predicted molar refractivity (Wildman–Crippen MR) is 104 cm³/mol. The Kier molecular flexibility index (Phi) is 9.45. The SMILES string of the molecule is C#CCNC(=NCc1ccc(OC2CCCC2)nc1)NCC.I. The van der Waals surface area contributed by atoms with Crippen LogP contribution in [0.2, 0.25) is 0 Å². The van der Waals surface area contributed by atoms with Crippen molar-refractivity contribution in [2.24, 2.45) is 4.99 Å². The van der Waals surface area contributed by atoms with Crippen molar-refractivity contribution in [2.45, 2.75) is 45.3 Å². The summed E-state index contributed by atoms with van der Waals surface area (Å²) >= 11 is 0. The highest BCUT2D eigenvalue weighted by Gasteiger charge is 2.16. The highest BCUT2D eigenvalue weighted by atomic mass is 127. The van der Waals surface area contributed by atoms with Gasteiger partial charge in [0.2, 0.25) is 5.88 Å². The number of pyridine rings is 1. The van der Waals surface area contributed by atoms with Gasteiger partial charge in [-0.2, -0.15) is 0 Å². The Hall–Kier alpha value is -1.49. The van der Waals surface area contributed by atoms with E-state index in [0.29, 0.717) is 31.0 Å². The molecular weight excluding hydrogens is 403 g/mol. The maximum absolute atomic E-state index is 5.85. The summed E-state index contributed by atoms with van der Waals surface area (Å²) in [6.07, 6.45) is 12.2. The molecule has 2 rings (SSSR count). The molecule has 0 aliphatic heterocycles. The quantitative estimate of drug-likeness (QED) is 0.317. The van der Waals surface area contributed by atoms with Crippen LogP contribution in [-0.2, 0) is 6.54 Å². The zero-order chi connectivity index (χ0) is 15.6. The smallest absolute Gasteiger partial charge is 0.213 e. The summed E-state index contributed by atoms with van der Waals surface area (Å²) in [5, 5.41) is 6.20. The molecule has 0 radical (unpaired) electrons. The van der Waals surface area contributed by atoms with Gasteiger partial charge in [0.15, 0.2) is 5.96 Å². The molecule has 0 atom stereocenters. The standard InChI is InChI=1S/C17H24N4O.HI/c1-3-11-19-17(18-4-2)21-13-14-9-10-16(20-12-14)22-15-7-5-6-8-15;/h1,9-10,12,15H,4-8,11,13H2,2H3,(H2,18,19,21);1H. The fourth-order valence-corrected chi connectivity index (χ4v) is 2.40. The van der Waals surface area contributed by atoms with E-state index in [0.717, 1.165) is 24.9 Å². The first kappa shape index (κ1) is 19.6. The van der Waals surface area contributed by atoms with Crippen molar-refractivity contribution in [3.63, 3.8) is 0 Å². The molecule has 1 fully saturated rings. The molecule has 1 aliphatic carbocycles. The van der Waals surface area contributed by atoms with Gasteiger partial charge in [0.1, 0.15) is 6.10 Å². The molecule has 1 aromatic rings. The second kappa shape index (κ2) is 11.1. The summed E-state index contributed by atoms with van der Waals surface area (Å²) < 4.78 is 5.85. The number of guanidine groups is 1. The monoisotopic (exact) mass is 428 g/mol. The number of halogens is 1. The number of aromatic nitrogens is 1. The third-order valence-electron chi connectivity index (χ3n) is 3.51. The van der Waals surface area contributed by atoms with E-state index >= 15 is 0 Å². The van der Waals surface area contributed by atoms with Gasteiger partial charge in [0.25, 0.3) is 0 Å². The van der Waals surface area contributed by atoms with Gasteiger partial charge in [0.05, 0.1) is 13.1 Å². The lowest BCUT2D eigenvalue weighted by Gasteiger charge is -2.12. The topological polar surface area (TPSA) is 58.5 Å². The number of nitrogens with zero attached hydrogens (tertiary/aromatic N) is 2. The van der Waals surface area contributed by atoms with Gasteiger partial charge in [-0.1, -0.05) is 12.0 Å². The second-order valence-corrected chi connectivity index (χ2v) is 5.28. The van der Waals surface area contributed by atoms with E-state index in [1.54, 1.807) is 0 Å². The fraction of sp³-hybridized carbons (Fsp3) is 0.529. The van der Waals surface area contributed by atoms with Crippen LogP contribution in [0, 0.1) is 12.3 Å². The molecule has 5 nitrogen and oxygen atoms in total. The van der Waals surface area contributed by atoms with Crippen LogP contribution < -0.4 is 15.4 Å². The zero-order valence-electron chi connectivity index (χ0n) is 13.5. The van der Waals surface area contributed by atoms with Crippen LogP contribution in [0.1, 0.15) is 38.2 Å². The Bertz CT molecular complexity index is 518. The van der Waals surface area contributed by atoms with Crippen molar-refractivity contribution in [1.29, 1.82) is 0 Å². The molecule has 1 saturated carbocycles. The molecule has 6 heteroatoms. The first-order valence-electron chi connectivity index (χ1n) is 7.89. The van der Waals surface area contributed by atoms with Crippen LogP contribution in [0.3, 0.4) is 0 Å². The average molecular weight is 428 g/mol. The molecule has 1 aliphatic rings. The van der Waals surface area contributed by atoms with E-state index in [2.05, 4.69) is 26.5 Å². The van der Waals surface area contributed by atoms with Crippen LogP contribution in [0.15, 0.2) is 23.3 Å². The lowest BCUT2D eigenvalue weighted by Crippen LogP contribution is -2.37. The number of ether oxygens (including phenoxy) is 1. The summed E-state index contributed by atoms with van der Waals surface area (Å²) in [6, 6.07) is 3.93. The van der Waals surface area contributed by atoms with E-state index in [4.69, 9.17) is 11.2 Å². The molecule has 0 amide bonds. The van der Waals surface area contributed by atoms with Crippen molar-refractivity contribution in [1.82, 2.24) is 15.6 Å². The predicted octanol–water partition coefficient (Wildman–Crippen LogP) is 2.71. The molecule has 1 heterocycles. The molecule has 0 spiro atoms. The first-order valence-corrected chi connectivity index (χ1v) is 7.89. The highest BCUT2D eigenvalue weighted by Crippen LogP contribution is 2.22. The van der Waals surface area contributed by atoms with Crippen LogP contribution >= 0.6 is 24.0 Å². The fourth-order valence-electron chi connectivity index (χ4n) is 2.40. The molecule has 0 aromatic carbocycles. The number of terminal acetylenes is 1. The number of aliphatic imine (C=N–C) groups is 1. The number of hydrogen-bond acceptors (Lipinski definition) is 3. The molecule has 23 heavy (non-hydrogen) atoms. The van der Waals surface area contributed by atoms with Crippen LogP contribution in [-0.4, -0.2) is 30.1 Å². The molecule has 126 valence electrons. The van der Waals surface area contributed by atoms with E-state index in [9.17, 15) is 0 Å². The Balaban J connectivity index is 0.00000264. The maximum atomic E-state index is 5.85. The van der Waals surface area contributed by atoms with Gasteiger partial charge < -0.3 is 15.4 Å². The summed E-state index contributed by atoms with van der Waals surface area (Å²) in [7, 11) is 0. The zero-order valence-corrected chi connectivity index (χ0v) is 15.9. The lowest BCUT2D eigenvalue weighted by atomic mass is 10.3. The average Bonchev–Trinajstić information content (AvgIpc) is 3.04. The van der Waals surface area contributed by atoms with Crippen LogP contribution in [0.4, 0.5) is 0 Å². The summed E-state index contributed by atoms with van der Waals surface area (Å²) in [4.78, 5) is 8.84. The minimum absolute atomic E-state index is 0. The second-order valence-electron chi connectivity index (χ2n) is 5.28. The van der Waals surface area contributed by atoms with Gasteiger partial charge in [-0.15, -0.1) is 30.4 Å². The van der Waals surface area contributed by atoms with Gasteiger partial charge in [-0.25, -0.2) is 9.98 Å². The summed E-state index contributed by atoms with van der Waals surface area (Å²) in [5.41, 5.74) is 1.04. The number of hydrogen-bond donors (Lipinski definition) is 2. The Morgan fingerprint density at radius 2 is 2.17 bits per heavy atom. The number of rotatable bonds is 6. The van der Waals surface area contributed by atoms with Gasteiger partial charge in [-0.3, -0.25) is 0 Å². The van der Waals surface area contributed by atoms with E-state index < -0.39 is 0 Å². The van der Waals surface area contributed by atoms with Gasteiger partial charge >= 0.3 is 0 Å². The Morgan fingerprint density at radius 1 is 1.39 bits per heavy atom. The highest BCUT2D eigenvalue weighted by molar-refractivity contribution is 14.0. The Labute approximate surface area is 155 Å². The van der Waals surface area contributed by atoms with Crippen LogP contribution in [0.25, 0.3) is 0 Å². The van der Waals surface area contributed by atoms with Crippen molar-refractivity contribution in [2.75, 3.05) is 13.1 Å².